The summed E-state index contributed by atoms with van der Waals surface area (Å²) in [6.45, 7) is 0.375. The maximum absolute atomic E-state index is 13.1. The standard InChI is InChI=1S/C14H10FNO/c15-11-5-3-4-10(8-11)13-9-17-14-7-2-1-6-12(14)16-13/h1-8H,9H2. The Kier molecular flexibility index (Phi) is 2.37. The Morgan fingerprint density at radius 2 is 1.94 bits per heavy atom. The van der Waals surface area contributed by atoms with Crippen LogP contribution in [0.3, 0.4) is 0 Å². The van der Waals surface area contributed by atoms with Crippen LogP contribution in [-0.2, 0) is 0 Å². The summed E-state index contributed by atoms with van der Waals surface area (Å²) >= 11 is 0. The molecule has 3 heteroatoms. The first-order valence-electron chi connectivity index (χ1n) is 5.38. The zero-order chi connectivity index (χ0) is 11.7. The average Bonchev–Trinajstić information content (AvgIpc) is 2.38. The van der Waals surface area contributed by atoms with Crippen LogP contribution in [0.25, 0.3) is 0 Å². The van der Waals surface area contributed by atoms with Gasteiger partial charge in [0.25, 0.3) is 0 Å². The van der Waals surface area contributed by atoms with Gasteiger partial charge in [0.2, 0.25) is 0 Å². The molecule has 0 aromatic heterocycles. The van der Waals surface area contributed by atoms with E-state index in [1.54, 1.807) is 6.07 Å². The third kappa shape index (κ3) is 1.91. The van der Waals surface area contributed by atoms with E-state index in [4.69, 9.17) is 4.74 Å². The van der Waals surface area contributed by atoms with E-state index in [0.717, 1.165) is 22.7 Å². The Morgan fingerprint density at radius 1 is 1.06 bits per heavy atom. The second-order valence-electron chi connectivity index (χ2n) is 3.83. The second-order valence-corrected chi connectivity index (χ2v) is 3.83. The van der Waals surface area contributed by atoms with E-state index >= 15 is 0 Å². The van der Waals surface area contributed by atoms with E-state index in [-0.39, 0.29) is 5.82 Å². The molecule has 0 saturated heterocycles. The number of hydrogen-bond donors (Lipinski definition) is 0. The van der Waals surface area contributed by atoms with Crippen molar-refractivity contribution in [1.29, 1.82) is 0 Å². The third-order valence-corrected chi connectivity index (χ3v) is 2.64. The van der Waals surface area contributed by atoms with E-state index in [0.29, 0.717) is 6.61 Å². The van der Waals surface area contributed by atoms with Crippen LogP contribution < -0.4 is 4.74 Å². The van der Waals surface area contributed by atoms with Crippen LogP contribution in [0, 0.1) is 5.82 Å². The first kappa shape index (κ1) is 10.0. The van der Waals surface area contributed by atoms with Crippen LogP contribution >= 0.6 is 0 Å². The number of benzene rings is 2. The van der Waals surface area contributed by atoms with Crippen molar-refractivity contribution in [2.75, 3.05) is 6.61 Å². The summed E-state index contributed by atoms with van der Waals surface area (Å²) in [7, 11) is 0. The van der Waals surface area contributed by atoms with Crippen LogP contribution in [0.4, 0.5) is 10.1 Å². The highest BCUT2D eigenvalue weighted by atomic mass is 19.1. The second kappa shape index (κ2) is 4.01. The molecule has 0 unspecified atom stereocenters. The number of halogens is 1. The topological polar surface area (TPSA) is 21.6 Å². The number of ether oxygens (including phenoxy) is 1. The SMILES string of the molecule is Fc1cccc(C2=Nc3ccccc3OC2)c1. The van der Waals surface area contributed by atoms with Gasteiger partial charge in [-0.3, -0.25) is 0 Å². The average molecular weight is 227 g/mol. The molecule has 0 atom stereocenters. The zero-order valence-corrected chi connectivity index (χ0v) is 9.06. The summed E-state index contributed by atoms with van der Waals surface area (Å²) in [5.74, 6) is 0.511. The van der Waals surface area contributed by atoms with Gasteiger partial charge in [-0.2, -0.15) is 0 Å². The molecule has 0 spiro atoms. The van der Waals surface area contributed by atoms with Crippen molar-refractivity contribution < 1.29 is 9.13 Å². The Bertz CT molecular complexity index is 592. The molecule has 0 aliphatic carbocycles. The van der Waals surface area contributed by atoms with Gasteiger partial charge < -0.3 is 4.74 Å². The summed E-state index contributed by atoms with van der Waals surface area (Å²) in [6.07, 6.45) is 0. The minimum atomic E-state index is -0.260. The highest BCUT2D eigenvalue weighted by Gasteiger charge is 2.13. The first-order chi connectivity index (χ1) is 8.33. The van der Waals surface area contributed by atoms with Gasteiger partial charge in [0.05, 0.1) is 5.71 Å². The third-order valence-electron chi connectivity index (χ3n) is 2.64. The molecule has 0 bridgehead atoms. The van der Waals surface area contributed by atoms with E-state index in [1.807, 2.05) is 30.3 Å². The highest BCUT2D eigenvalue weighted by Crippen LogP contribution is 2.30. The van der Waals surface area contributed by atoms with Gasteiger partial charge in [0.15, 0.2) is 0 Å². The van der Waals surface area contributed by atoms with Crippen LogP contribution in [0.5, 0.6) is 5.75 Å². The van der Waals surface area contributed by atoms with Crippen LogP contribution in [-0.4, -0.2) is 12.3 Å². The monoisotopic (exact) mass is 227 g/mol. The van der Waals surface area contributed by atoms with E-state index in [2.05, 4.69) is 4.99 Å². The fourth-order valence-corrected chi connectivity index (χ4v) is 1.81. The summed E-state index contributed by atoms with van der Waals surface area (Å²) in [5, 5.41) is 0. The largest absolute Gasteiger partial charge is 0.485 e. The number of para-hydroxylation sites is 2. The highest BCUT2D eigenvalue weighted by molar-refractivity contribution is 6.04. The normalized spacial score (nSPS) is 13.6. The van der Waals surface area contributed by atoms with Crippen LogP contribution in [0.1, 0.15) is 5.56 Å². The predicted molar refractivity (Wildman–Crippen MR) is 64.5 cm³/mol. The van der Waals surface area contributed by atoms with Gasteiger partial charge in [-0.25, -0.2) is 9.38 Å². The number of fused-ring (bicyclic) bond motifs is 1. The Labute approximate surface area is 98.4 Å². The fraction of sp³-hybridized carbons (Fsp3) is 0.0714. The first-order valence-corrected chi connectivity index (χ1v) is 5.38. The molecule has 2 nitrogen and oxygen atoms in total. The minimum Gasteiger partial charge on any atom is -0.485 e. The van der Waals surface area contributed by atoms with Crippen molar-refractivity contribution in [3.05, 3.63) is 59.9 Å². The number of nitrogens with zero attached hydrogens (tertiary/aromatic N) is 1. The molecule has 0 saturated carbocycles. The molecule has 84 valence electrons. The van der Waals surface area contributed by atoms with Crippen LogP contribution in [0.2, 0.25) is 0 Å². The van der Waals surface area contributed by atoms with E-state index in [9.17, 15) is 4.39 Å². The maximum Gasteiger partial charge on any atom is 0.145 e. The van der Waals surface area contributed by atoms with Crippen molar-refractivity contribution in [2.24, 2.45) is 4.99 Å². The molecule has 3 rings (SSSR count). The molecular weight excluding hydrogens is 217 g/mol. The van der Waals surface area contributed by atoms with Crippen molar-refractivity contribution in [1.82, 2.24) is 0 Å². The molecule has 0 N–H and O–H groups in total. The maximum atomic E-state index is 13.1. The summed E-state index contributed by atoms with van der Waals surface area (Å²) in [4.78, 5) is 4.48. The lowest BCUT2D eigenvalue weighted by atomic mass is 10.1. The molecule has 1 aliphatic rings. The lowest BCUT2D eigenvalue weighted by molar-refractivity contribution is 0.373. The van der Waals surface area contributed by atoms with Crippen molar-refractivity contribution in [3.63, 3.8) is 0 Å². The molecule has 1 heterocycles. The zero-order valence-electron chi connectivity index (χ0n) is 9.06. The number of rotatable bonds is 1. The van der Waals surface area contributed by atoms with Gasteiger partial charge in [0, 0.05) is 5.56 Å². The lowest BCUT2D eigenvalue weighted by Crippen LogP contribution is -2.16. The van der Waals surface area contributed by atoms with Crippen molar-refractivity contribution >= 4 is 11.4 Å². The van der Waals surface area contributed by atoms with Crippen molar-refractivity contribution in [2.45, 2.75) is 0 Å². The lowest BCUT2D eigenvalue weighted by Gasteiger charge is -2.16. The quantitative estimate of drug-likeness (QED) is 0.732. The molecular formula is C14H10FNO. The van der Waals surface area contributed by atoms with Gasteiger partial charge >= 0.3 is 0 Å². The van der Waals surface area contributed by atoms with Gasteiger partial charge in [0.1, 0.15) is 23.9 Å². The Morgan fingerprint density at radius 3 is 2.82 bits per heavy atom. The Balaban J connectivity index is 2.04. The molecule has 17 heavy (non-hydrogen) atoms. The molecule has 0 fully saturated rings. The molecule has 2 aromatic carbocycles. The smallest absolute Gasteiger partial charge is 0.145 e. The number of aliphatic imine (C=N–C) groups is 1. The van der Waals surface area contributed by atoms with Gasteiger partial charge in [-0.1, -0.05) is 24.3 Å². The molecule has 0 amide bonds. The van der Waals surface area contributed by atoms with E-state index < -0.39 is 0 Å². The summed E-state index contributed by atoms with van der Waals surface area (Å²) in [6, 6.07) is 14.0. The fourth-order valence-electron chi connectivity index (χ4n) is 1.81. The molecule has 0 radical (unpaired) electrons. The van der Waals surface area contributed by atoms with Crippen molar-refractivity contribution in [3.8, 4) is 5.75 Å². The van der Waals surface area contributed by atoms with Gasteiger partial charge in [-0.05, 0) is 24.3 Å². The van der Waals surface area contributed by atoms with Gasteiger partial charge in [-0.15, -0.1) is 0 Å². The number of hydrogen-bond acceptors (Lipinski definition) is 2. The van der Waals surface area contributed by atoms with Crippen LogP contribution in [0.15, 0.2) is 53.5 Å². The summed E-state index contributed by atoms with van der Waals surface area (Å²) in [5.41, 5.74) is 2.31. The Hall–Kier alpha value is -2.16. The molecule has 1 aliphatic heterocycles. The minimum absolute atomic E-state index is 0.260. The van der Waals surface area contributed by atoms with E-state index in [1.165, 1.54) is 12.1 Å². The molecule has 2 aromatic rings. The predicted octanol–water partition coefficient (Wildman–Crippen LogP) is 3.34. The summed E-state index contributed by atoms with van der Waals surface area (Å²) < 4.78 is 18.7.